The molecule has 10 heteroatoms. The van der Waals surface area contributed by atoms with Crippen LogP contribution in [0.15, 0.2) is 54.7 Å². The molecule has 0 aliphatic rings. The standard InChI is InChI=1S/C22H15ClF3N5O/c1-32-13-5-6-14(15(23)10-13)17-3-2-4-20-27-12(11-31(17)20)9-19-28-16-7-8-18(22(24,25)26)29-21(16)30-19/h2-8,10-11H,9H2,1H3,(H,28,29,30). The minimum absolute atomic E-state index is 0.0179. The van der Waals surface area contributed by atoms with E-state index in [0.717, 1.165) is 17.3 Å². The molecule has 0 aliphatic carbocycles. The topological polar surface area (TPSA) is 68.1 Å². The summed E-state index contributed by atoms with van der Waals surface area (Å²) in [5.41, 5.74) is 2.53. The first kappa shape index (κ1) is 20.3. The van der Waals surface area contributed by atoms with Crippen molar-refractivity contribution >= 4 is 28.4 Å². The molecule has 4 heterocycles. The number of fused-ring (bicyclic) bond motifs is 2. The number of H-pyrrole nitrogens is 1. The van der Waals surface area contributed by atoms with Gasteiger partial charge >= 0.3 is 6.18 Å². The average Bonchev–Trinajstić information content (AvgIpc) is 3.35. The first-order valence-corrected chi connectivity index (χ1v) is 9.93. The number of benzene rings is 1. The van der Waals surface area contributed by atoms with E-state index in [9.17, 15) is 13.2 Å². The predicted octanol–water partition coefficient (Wildman–Crippen LogP) is 5.54. The molecule has 0 fully saturated rings. The van der Waals surface area contributed by atoms with E-state index in [1.807, 2.05) is 40.9 Å². The van der Waals surface area contributed by atoms with Crippen LogP contribution in [0, 0.1) is 0 Å². The Morgan fingerprint density at radius 3 is 2.66 bits per heavy atom. The van der Waals surface area contributed by atoms with Crippen molar-refractivity contribution in [2.75, 3.05) is 7.11 Å². The quantitative estimate of drug-likeness (QED) is 0.384. The molecule has 0 unspecified atom stereocenters. The monoisotopic (exact) mass is 457 g/mol. The summed E-state index contributed by atoms with van der Waals surface area (Å²) in [6, 6.07) is 13.4. The van der Waals surface area contributed by atoms with Gasteiger partial charge in [-0.3, -0.25) is 4.40 Å². The number of aromatic amines is 1. The zero-order chi connectivity index (χ0) is 22.5. The van der Waals surface area contributed by atoms with Gasteiger partial charge in [-0.05, 0) is 42.5 Å². The van der Waals surface area contributed by atoms with Crippen molar-refractivity contribution in [3.05, 3.63) is 77.0 Å². The normalized spacial score (nSPS) is 12.0. The summed E-state index contributed by atoms with van der Waals surface area (Å²) >= 11 is 6.45. The number of imidazole rings is 2. The molecule has 0 radical (unpaired) electrons. The number of pyridine rings is 2. The average molecular weight is 458 g/mol. The van der Waals surface area contributed by atoms with Gasteiger partial charge in [0.2, 0.25) is 0 Å². The molecule has 1 N–H and O–H groups in total. The Morgan fingerprint density at radius 2 is 1.91 bits per heavy atom. The largest absolute Gasteiger partial charge is 0.497 e. The highest BCUT2D eigenvalue weighted by molar-refractivity contribution is 6.33. The van der Waals surface area contributed by atoms with Gasteiger partial charge in [0.25, 0.3) is 0 Å². The van der Waals surface area contributed by atoms with Gasteiger partial charge in [0, 0.05) is 18.2 Å². The molecule has 162 valence electrons. The van der Waals surface area contributed by atoms with Crippen LogP contribution < -0.4 is 4.74 Å². The second kappa shape index (κ2) is 7.52. The number of methoxy groups -OCH3 is 1. The number of nitrogens with zero attached hydrogens (tertiary/aromatic N) is 4. The van der Waals surface area contributed by atoms with Gasteiger partial charge in [-0.25, -0.2) is 15.0 Å². The molecule has 0 atom stereocenters. The van der Waals surface area contributed by atoms with E-state index in [0.29, 0.717) is 39.9 Å². The van der Waals surface area contributed by atoms with Crippen LogP contribution in [0.25, 0.3) is 28.1 Å². The lowest BCUT2D eigenvalue weighted by atomic mass is 10.1. The molecular formula is C22H15ClF3N5O. The van der Waals surface area contributed by atoms with E-state index in [2.05, 4.69) is 19.9 Å². The van der Waals surface area contributed by atoms with Gasteiger partial charge in [-0.2, -0.15) is 13.2 Å². The number of hydrogen-bond acceptors (Lipinski definition) is 4. The fourth-order valence-electron chi connectivity index (χ4n) is 3.55. The van der Waals surface area contributed by atoms with E-state index in [1.54, 1.807) is 13.2 Å². The number of aromatic nitrogens is 5. The fraction of sp³-hybridized carbons (Fsp3) is 0.136. The lowest BCUT2D eigenvalue weighted by molar-refractivity contribution is -0.141. The van der Waals surface area contributed by atoms with Crippen molar-refractivity contribution < 1.29 is 17.9 Å². The summed E-state index contributed by atoms with van der Waals surface area (Å²) in [6.45, 7) is 0. The van der Waals surface area contributed by atoms with E-state index in [4.69, 9.17) is 16.3 Å². The Balaban J connectivity index is 1.50. The third-order valence-electron chi connectivity index (χ3n) is 5.03. The second-order valence-corrected chi connectivity index (χ2v) is 7.55. The summed E-state index contributed by atoms with van der Waals surface area (Å²) in [6.07, 6.45) is -2.36. The number of ether oxygens (including phenoxy) is 1. The number of rotatable bonds is 4. The van der Waals surface area contributed by atoms with Crippen molar-refractivity contribution in [1.29, 1.82) is 0 Å². The molecule has 0 spiro atoms. The minimum Gasteiger partial charge on any atom is -0.497 e. The lowest BCUT2D eigenvalue weighted by Gasteiger charge is -2.09. The van der Waals surface area contributed by atoms with Gasteiger partial charge in [0.1, 0.15) is 22.9 Å². The second-order valence-electron chi connectivity index (χ2n) is 7.14. The Bertz CT molecular complexity index is 1460. The molecule has 4 aromatic heterocycles. The molecule has 0 amide bonds. The van der Waals surface area contributed by atoms with Gasteiger partial charge < -0.3 is 9.72 Å². The van der Waals surface area contributed by atoms with Crippen LogP contribution in [0.3, 0.4) is 0 Å². The zero-order valence-electron chi connectivity index (χ0n) is 16.6. The highest BCUT2D eigenvalue weighted by Gasteiger charge is 2.32. The van der Waals surface area contributed by atoms with E-state index < -0.39 is 11.9 Å². The zero-order valence-corrected chi connectivity index (χ0v) is 17.4. The van der Waals surface area contributed by atoms with Crippen LogP contribution in [0.5, 0.6) is 5.75 Å². The predicted molar refractivity (Wildman–Crippen MR) is 114 cm³/mol. The third kappa shape index (κ3) is 3.64. The molecule has 5 rings (SSSR count). The molecule has 0 saturated heterocycles. The summed E-state index contributed by atoms with van der Waals surface area (Å²) in [4.78, 5) is 15.5. The van der Waals surface area contributed by atoms with Gasteiger partial charge in [-0.1, -0.05) is 17.7 Å². The number of alkyl halides is 3. The van der Waals surface area contributed by atoms with Crippen molar-refractivity contribution in [2.45, 2.75) is 12.6 Å². The minimum atomic E-state index is -4.52. The number of halogens is 4. The van der Waals surface area contributed by atoms with E-state index in [1.165, 1.54) is 6.07 Å². The smallest absolute Gasteiger partial charge is 0.433 e. The molecule has 6 nitrogen and oxygen atoms in total. The summed E-state index contributed by atoms with van der Waals surface area (Å²) in [7, 11) is 1.58. The molecule has 32 heavy (non-hydrogen) atoms. The summed E-state index contributed by atoms with van der Waals surface area (Å²) in [5, 5.41) is 0.538. The van der Waals surface area contributed by atoms with E-state index in [-0.39, 0.29) is 5.65 Å². The maximum Gasteiger partial charge on any atom is 0.433 e. The molecule has 0 bridgehead atoms. The van der Waals surface area contributed by atoms with Gasteiger partial charge in [0.05, 0.1) is 29.0 Å². The molecule has 0 aliphatic heterocycles. The van der Waals surface area contributed by atoms with Crippen molar-refractivity contribution in [1.82, 2.24) is 24.3 Å². The maximum atomic E-state index is 12.9. The highest BCUT2D eigenvalue weighted by atomic mass is 35.5. The molecule has 0 saturated carbocycles. The lowest BCUT2D eigenvalue weighted by Crippen LogP contribution is -2.07. The fourth-order valence-corrected chi connectivity index (χ4v) is 3.82. The van der Waals surface area contributed by atoms with Crippen molar-refractivity contribution in [3.8, 4) is 17.0 Å². The highest BCUT2D eigenvalue weighted by Crippen LogP contribution is 2.32. The number of nitrogens with one attached hydrogen (secondary N) is 1. The van der Waals surface area contributed by atoms with Crippen LogP contribution in [0.4, 0.5) is 13.2 Å². The van der Waals surface area contributed by atoms with Crippen LogP contribution in [-0.2, 0) is 12.6 Å². The van der Waals surface area contributed by atoms with Crippen LogP contribution in [0.2, 0.25) is 5.02 Å². The van der Waals surface area contributed by atoms with Crippen molar-refractivity contribution in [2.24, 2.45) is 0 Å². The Labute approximate surface area is 184 Å². The first-order valence-electron chi connectivity index (χ1n) is 9.55. The maximum absolute atomic E-state index is 12.9. The van der Waals surface area contributed by atoms with Crippen molar-refractivity contribution in [3.63, 3.8) is 0 Å². The molecular weight excluding hydrogens is 443 g/mol. The van der Waals surface area contributed by atoms with Crippen LogP contribution in [-0.4, -0.2) is 31.4 Å². The third-order valence-corrected chi connectivity index (χ3v) is 5.34. The summed E-state index contributed by atoms with van der Waals surface area (Å²) in [5.74, 6) is 1.13. The Kier molecular flexibility index (Phi) is 4.78. The van der Waals surface area contributed by atoms with E-state index >= 15 is 0 Å². The van der Waals surface area contributed by atoms with Gasteiger partial charge in [0.15, 0.2) is 5.65 Å². The Hall–Kier alpha value is -3.59. The van der Waals surface area contributed by atoms with Crippen LogP contribution in [0.1, 0.15) is 17.2 Å². The molecule has 5 aromatic rings. The first-order chi connectivity index (χ1) is 15.3. The van der Waals surface area contributed by atoms with Gasteiger partial charge in [-0.15, -0.1) is 0 Å². The number of hydrogen-bond donors (Lipinski definition) is 1. The molecule has 1 aromatic carbocycles. The summed E-state index contributed by atoms with van der Waals surface area (Å²) < 4.78 is 45.8. The Morgan fingerprint density at radius 1 is 1.06 bits per heavy atom. The SMILES string of the molecule is COc1ccc(-c2cccc3nc(Cc4nc5nc(C(F)(F)F)ccc5[nH]4)cn23)c(Cl)c1. The van der Waals surface area contributed by atoms with Crippen LogP contribution >= 0.6 is 11.6 Å².